The second-order valence-corrected chi connectivity index (χ2v) is 8.31. The zero-order valence-corrected chi connectivity index (χ0v) is 19.6. The predicted octanol–water partition coefficient (Wildman–Crippen LogP) is 2.16. The number of carboxylic acids is 1. The first-order chi connectivity index (χ1) is 16.4. The van der Waals surface area contributed by atoms with Gasteiger partial charge in [0.05, 0.1) is 5.69 Å². The molecule has 0 unspecified atom stereocenters. The number of anilines is 1. The number of carbonyl (C=O) groups excluding carboxylic acids is 2. The van der Waals surface area contributed by atoms with Crippen LogP contribution in [-0.2, 0) is 32.2 Å². The Bertz CT molecular complexity index is 969. The van der Waals surface area contributed by atoms with Crippen LogP contribution in [0.2, 0.25) is 0 Å². The molecule has 9 heteroatoms. The smallest absolute Gasteiger partial charge is 0.329 e. The Hall–Kier alpha value is -3.30. The molecule has 1 N–H and O–H groups in total. The van der Waals surface area contributed by atoms with E-state index in [2.05, 4.69) is 9.88 Å². The minimum atomic E-state index is -1.12. The molecule has 2 heterocycles. The maximum atomic E-state index is 12.9. The van der Waals surface area contributed by atoms with Gasteiger partial charge in [-0.2, -0.15) is 0 Å². The fourth-order valence-corrected chi connectivity index (χ4v) is 4.10. The molecule has 9 nitrogen and oxygen atoms in total. The van der Waals surface area contributed by atoms with Crippen molar-refractivity contribution < 1.29 is 24.2 Å². The van der Waals surface area contributed by atoms with Gasteiger partial charge in [-0.3, -0.25) is 19.5 Å². The summed E-state index contributed by atoms with van der Waals surface area (Å²) in [6.07, 6.45) is 3.33. The van der Waals surface area contributed by atoms with E-state index in [9.17, 15) is 14.4 Å². The van der Waals surface area contributed by atoms with Crippen molar-refractivity contribution in [2.45, 2.75) is 32.9 Å². The first-order valence-corrected chi connectivity index (χ1v) is 11.5. The average Bonchev–Trinajstić information content (AvgIpc) is 2.80. The minimum absolute atomic E-state index is 0.0524. The summed E-state index contributed by atoms with van der Waals surface area (Å²) in [7, 11) is 0. The lowest BCUT2D eigenvalue weighted by Gasteiger charge is -2.31. The van der Waals surface area contributed by atoms with Gasteiger partial charge in [0.25, 0.3) is 0 Å². The number of aliphatic carboxylic acids is 1. The van der Waals surface area contributed by atoms with Crippen molar-refractivity contribution in [1.29, 1.82) is 0 Å². The standard InChI is InChI=1S/C25H32N4O5/c1-20(30)29-15-7-13-27(17-22-9-4-5-11-26-22)12-6-14-28(24(31)18-34-19-25(32)33)16-21-8-2-3-10-23(21)29/h2-5,8-11H,6-7,12-19H2,1H3,(H,32,33). The number of ether oxygens (including phenoxy) is 1. The van der Waals surface area contributed by atoms with Crippen molar-refractivity contribution >= 4 is 23.5 Å². The van der Waals surface area contributed by atoms with Gasteiger partial charge in [0.15, 0.2) is 0 Å². The van der Waals surface area contributed by atoms with Gasteiger partial charge in [-0.1, -0.05) is 24.3 Å². The molecule has 1 aromatic carbocycles. The first kappa shape index (κ1) is 25.3. The van der Waals surface area contributed by atoms with Crippen LogP contribution in [0.3, 0.4) is 0 Å². The molecular weight excluding hydrogens is 436 g/mol. The predicted molar refractivity (Wildman–Crippen MR) is 127 cm³/mol. The molecule has 3 rings (SSSR count). The van der Waals surface area contributed by atoms with Gasteiger partial charge >= 0.3 is 5.97 Å². The van der Waals surface area contributed by atoms with Gasteiger partial charge < -0.3 is 19.6 Å². The third kappa shape index (κ3) is 7.64. The minimum Gasteiger partial charge on any atom is -0.480 e. The summed E-state index contributed by atoms with van der Waals surface area (Å²) in [5, 5.41) is 8.81. The molecule has 0 spiro atoms. The zero-order chi connectivity index (χ0) is 24.3. The van der Waals surface area contributed by atoms with E-state index in [1.807, 2.05) is 42.5 Å². The summed E-state index contributed by atoms with van der Waals surface area (Å²) in [6, 6.07) is 13.4. The quantitative estimate of drug-likeness (QED) is 0.693. The number of hydrogen-bond donors (Lipinski definition) is 1. The molecule has 0 atom stereocenters. The number of para-hydroxylation sites is 1. The van der Waals surface area contributed by atoms with E-state index in [0.29, 0.717) is 26.2 Å². The maximum absolute atomic E-state index is 12.9. The SMILES string of the molecule is CC(=O)N1CCCN(Cc2ccccn2)CCCN(C(=O)COCC(=O)O)Cc2ccccc21. The monoisotopic (exact) mass is 468 g/mol. The molecule has 1 aliphatic rings. The third-order valence-electron chi connectivity index (χ3n) is 5.70. The Morgan fingerprint density at radius 2 is 1.71 bits per heavy atom. The number of amides is 2. The highest BCUT2D eigenvalue weighted by Crippen LogP contribution is 2.24. The van der Waals surface area contributed by atoms with E-state index in [1.54, 1.807) is 22.9 Å². The molecule has 0 aliphatic carbocycles. The molecular formula is C25H32N4O5. The Morgan fingerprint density at radius 1 is 0.971 bits per heavy atom. The highest BCUT2D eigenvalue weighted by Gasteiger charge is 2.21. The number of carbonyl (C=O) groups is 3. The fraction of sp³-hybridized carbons (Fsp3) is 0.440. The second kappa shape index (κ2) is 12.8. The fourth-order valence-electron chi connectivity index (χ4n) is 4.10. The molecule has 0 saturated carbocycles. The number of nitrogens with zero attached hydrogens (tertiary/aromatic N) is 4. The Balaban J connectivity index is 1.82. The van der Waals surface area contributed by atoms with Gasteiger partial charge in [0, 0.05) is 58.1 Å². The van der Waals surface area contributed by atoms with Crippen LogP contribution in [0.5, 0.6) is 0 Å². The van der Waals surface area contributed by atoms with Gasteiger partial charge in [0.1, 0.15) is 13.2 Å². The van der Waals surface area contributed by atoms with Crippen molar-refractivity contribution in [3.63, 3.8) is 0 Å². The van der Waals surface area contributed by atoms with Crippen LogP contribution in [0.15, 0.2) is 48.7 Å². The highest BCUT2D eigenvalue weighted by molar-refractivity contribution is 5.92. The number of hydrogen-bond acceptors (Lipinski definition) is 6. The van der Waals surface area contributed by atoms with Crippen LogP contribution in [0.4, 0.5) is 5.69 Å². The van der Waals surface area contributed by atoms with Crippen LogP contribution < -0.4 is 4.90 Å². The van der Waals surface area contributed by atoms with E-state index in [4.69, 9.17) is 9.84 Å². The molecule has 182 valence electrons. The summed E-state index contributed by atoms with van der Waals surface area (Å²) in [4.78, 5) is 46.3. The van der Waals surface area contributed by atoms with Gasteiger partial charge in [-0.25, -0.2) is 4.79 Å². The molecule has 0 fully saturated rings. The first-order valence-electron chi connectivity index (χ1n) is 11.5. The topological polar surface area (TPSA) is 103 Å². The van der Waals surface area contributed by atoms with Gasteiger partial charge in [-0.15, -0.1) is 0 Å². The summed E-state index contributed by atoms with van der Waals surface area (Å²) in [6.45, 7) is 4.34. The summed E-state index contributed by atoms with van der Waals surface area (Å²) >= 11 is 0. The van der Waals surface area contributed by atoms with Crippen molar-refractivity contribution in [2.75, 3.05) is 44.3 Å². The Kier molecular flexibility index (Phi) is 9.54. The van der Waals surface area contributed by atoms with Crippen molar-refractivity contribution in [3.8, 4) is 0 Å². The van der Waals surface area contributed by atoms with Gasteiger partial charge in [-0.05, 0) is 36.6 Å². The number of carboxylic acid groups (broad SMARTS) is 1. The summed E-state index contributed by atoms with van der Waals surface area (Å²) in [5.74, 6) is -1.45. The summed E-state index contributed by atoms with van der Waals surface area (Å²) < 4.78 is 5.06. The normalized spacial score (nSPS) is 15.7. The lowest BCUT2D eigenvalue weighted by atomic mass is 10.1. The average molecular weight is 469 g/mol. The van der Waals surface area contributed by atoms with Crippen LogP contribution in [0.1, 0.15) is 31.0 Å². The lowest BCUT2D eigenvalue weighted by Crippen LogP contribution is -2.39. The van der Waals surface area contributed by atoms with Crippen LogP contribution in [0.25, 0.3) is 0 Å². The highest BCUT2D eigenvalue weighted by atomic mass is 16.5. The second-order valence-electron chi connectivity index (χ2n) is 8.31. The number of aromatic nitrogens is 1. The van der Waals surface area contributed by atoms with Crippen molar-refractivity contribution in [2.24, 2.45) is 0 Å². The molecule has 0 bridgehead atoms. The molecule has 1 aliphatic heterocycles. The van der Waals surface area contributed by atoms with E-state index >= 15 is 0 Å². The van der Waals surface area contributed by atoms with Crippen molar-refractivity contribution in [3.05, 3.63) is 59.9 Å². The number of fused-ring (bicyclic) bond motifs is 1. The molecule has 2 aromatic rings. The number of pyridine rings is 1. The number of benzene rings is 1. The zero-order valence-electron chi connectivity index (χ0n) is 19.6. The largest absolute Gasteiger partial charge is 0.480 e. The number of rotatable bonds is 6. The molecule has 0 radical (unpaired) electrons. The van der Waals surface area contributed by atoms with Crippen LogP contribution in [0, 0.1) is 0 Å². The molecule has 2 amide bonds. The summed E-state index contributed by atoms with van der Waals surface area (Å²) in [5.41, 5.74) is 2.63. The van der Waals surface area contributed by atoms with E-state index < -0.39 is 12.6 Å². The van der Waals surface area contributed by atoms with E-state index in [1.165, 1.54) is 0 Å². The Labute approximate surface area is 199 Å². The van der Waals surface area contributed by atoms with Crippen LogP contribution in [-0.4, -0.2) is 77.1 Å². The molecule has 34 heavy (non-hydrogen) atoms. The van der Waals surface area contributed by atoms with Gasteiger partial charge in [0.2, 0.25) is 11.8 Å². The maximum Gasteiger partial charge on any atom is 0.329 e. The third-order valence-corrected chi connectivity index (χ3v) is 5.70. The molecule has 1 aromatic heterocycles. The van der Waals surface area contributed by atoms with Crippen LogP contribution >= 0.6 is 0 Å². The Morgan fingerprint density at radius 3 is 2.41 bits per heavy atom. The lowest BCUT2D eigenvalue weighted by molar-refractivity contribution is -0.146. The van der Waals surface area contributed by atoms with E-state index in [-0.39, 0.29) is 18.4 Å². The molecule has 0 saturated heterocycles. The van der Waals surface area contributed by atoms with E-state index in [0.717, 1.165) is 42.9 Å². The van der Waals surface area contributed by atoms with Crippen molar-refractivity contribution in [1.82, 2.24) is 14.8 Å².